The summed E-state index contributed by atoms with van der Waals surface area (Å²) >= 11 is 11.9. The minimum absolute atomic E-state index is 0.127. The van der Waals surface area contributed by atoms with E-state index in [2.05, 4.69) is 15.5 Å². The number of amides is 1. The number of nitrogens with zero attached hydrogens (tertiary/aromatic N) is 2. The number of ketones is 1. The van der Waals surface area contributed by atoms with E-state index in [1.54, 1.807) is 42.5 Å². The lowest BCUT2D eigenvalue weighted by molar-refractivity contribution is 0.0509. The Hall–Kier alpha value is -4.19. The first-order chi connectivity index (χ1) is 21.1. The highest BCUT2D eigenvalue weighted by Crippen LogP contribution is 2.23. The zero-order valence-electron chi connectivity index (χ0n) is 23.3. The normalized spacial score (nSPS) is 11.7. The van der Waals surface area contributed by atoms with Crippen molar-refractivity contribution in [1.29, 1.82) is 0 Å². The number of carbonyl (C=O) groups excluding carboxylic acids is 3. The summed E-state index contributed by atoms with van der Waals surface area (Å²) in [4.78, 5) is 42.5. The van der Waals surface area contributed by atoms with E-state index >= 15 is 0 Å². The molecule has 0 radical (unpaired) electrons. The predicted octanol–water partition coefficient (Wildman–Crippen LogP) is 5.76. The van der Waals surface area contributed by atoms with Crippen molar-refractivity contribution in [2.45, 2.75) is 38.1 Å². The Labute approximate surface area is 261 Å². The van der Waals surface area contributed by atoms with E-state index in [-0.39, 0.29) is 31.2 Å². The average Bonchev–Trinajstić information content (AvgIpc) is 3.46. The highest BCUT2D eigenvalue weighted by Gasteiger charge is 2.27. The van der Waals surface area contributed by atoms with Gasteiger partial charge < -0.3 is 20.3 Å². The van der Waals surface area contributed by atoms with Crippen molar-refractivity contribution >= 4 is 40.9 Å². The van der Waals surface area contributed by atoms with Gasteiger partial charge in [0.2, 0.25) is 17.5 Å². The Morgan fingerprint density at radius 2 is 1.70 bits per heavy atom. The number of benzene rings is 3. The van der Waals surface area contributed by atoms with Gasteiger partial charge in [0.25, 0.3) is 5.91 Å². The molecule has 1 atom stereocenters. The lowest BCUT2D eigenvalue weighted by Gasteiger charge is -2.16. The van der Waals surface area contributed by atoms with E-state index in [0.717, 1.165) is 23.3 Å². The van der Waals surface area contributed by atoms with Gasteiger partial charge in [-0.05, 0) is 73.3 Å². The fraction of sp³-hybridized carbons (Fsp3) is 0.258. The number of nitrogens with one attached hydrogen (secondary N) is 1. The van der Waals surface area contributed by atoms with Gasteiger partial charge in [-0.3, -0.25) is 9.59 Å². The van der Waals surface area contributed by atoms with Crippen molar-refractivity contribution in [3.05, 3.63) is 116 Å². The number of esters is 1. The molecular weight excluding hydrogens is 617 g/mol. The summed E-state index contributed by atoms with van der Waals surface area (Å²) in [6.07, 6.45) is 1.91. The van der Waals surface area contributed by atoms with Gasteiger partial charge in [-0.2, -0.15) is 4.98 Å². The molecule has 0 saturated carbocycles. The van der Waals surface area contributed by atoms with Crippen molar-refractivity contribution < 1.29 is 32.4 Å². The fourth-order valence-corrected chi connectivity index (χ4v) is 4.55. The zero-order chi connectivity index (χ0) is 31.6. The maximum Gasteiger partial charge on any atom is 0.338 e. The minimum atomic E-state index is -1.09. The Bertz CT molecular complexity index is 1630. The van der Waals surface area contributed by atoms with Gasteiger partial charge in [0.15, 0.2) is 0 Å². The van der Waals surface area contributed by atoms with Crippen molar-refractivity contribution in [3.63, 3.8) is 0 Å². The van der Waals surface area contributed by atoms with Crippen LogP contribution >= 0.6 is 23.2 Å². The maximum absolute atomic E-state index is 14.1. The summed E-state index contributed by atoms with van der Waals surface area (Å²) in [6, 6.07) is 13.2. The third-order valence-electron chi connectivity index (χ3n) is 6.59. The number of Topliss-reactive ketones (excluding diaryl/α,β-unsaturated/α-hetero) is 1. The Balaban J connectivity index is 1.34. The summed E-state index contributed by atoms with van der Waals surface area (Å²) in [5.41, 5.74) is 7.09. The quantitative estimate of drug-likeness (QED) is 0.100. The molecule has 0 fully saturated rings. The van der Waals surface area contributed by atoms with Gasteiger partial charge in [0.1, 0.15) is 11.6 Å². The van der Waals surface area contributed by atoms with Crippen LogP contribution in [0.5, 0.6) is 0 Å². The third kappa shape index (κ3) is 8.91. The second kappa shape index (κ2) is 15.5. The summed E-state index contributed by atoms with van der Waals surface area (Å²) in [7, 11) is 0. The Kier molecular flexibility index (Phi) is 11.5. The van der Waals surface area contributed by atoms with E-state index in [0.29, 0.717) is 47.5 Å². The van der Waals surface area contributed by atoms with Gasteiger partial charge in [-0.1, -0.05) is 46.6 Å². The molecule has 1 aromatic heterocycles. The smallest absolute Gasteiger partial charge is 0.338 e. The van der Waals surface area contributed by atoms with Crippen LogP contribution in [0, 0.1) is 11.6 Å². The van der Waals surface area contributed by atoms with Gasteiger partial charge >= 0.3 is 5.97 Å². The molecule has 1 amide bonds. The largest absolute Gasteiger partial charge is 0.462 e. The van der Waals surface area contributed by atoms with E-state index in [1.165, 1.54) is 0 Å². The molecule has 44 heavy (non-hydrogen) atoms. The van der Waals surface area contributed by atoms with E-state index in [1.807, 2.05) is 0 Å². The van der Waals surface area contributed by atoms with Gasteiger partial charge in [0, 0.05) is 12.5 Å². The van der Waals surface area contributed by atoms with E-state index in [9.17, 15) is 23.2 Å². The molecule has 0 spiro atoms. The van der Waals surface area contributed by atoms with Crippen LogP contribution in [0.25, 0.3) is 0 Å². The SMILES string of the molecule is NCCCCC(NC(=O)c1ccc(F)cc1F)C(=O)c1noc(Cc2ccc(C(=O)OCCc3ccc(Cl)c(Cl)c3)cc2)n1. The molecule has 0 saturated heterocycles. The molecule has 9 nitrogen and oxygen atoms in total. The monoisotopic (exact) mass is 644 g/mol. The van der Waals surface area contributed by atoms with Crippen LogP contribution in [0.4, 0.5) is 8.78 Å². The molecule has 3 N–H and O–H groups in total. The molecule has 0 aliphatic rings. The first-order valence-corrected chi connectivity index (χ1v) is 14.4. The molecule has 13 heteroatoms. The van der Waals surface area contributed by atoms with Crippen LogP contribution in [0.3, 0.4) is 0 Å². The van der Waals surface area contributed by atoms with Gasteiger partial charge in [-0.25, -0.2) is 13.6 Å². The predicted molar refractivity (Wildman–Crippen MR) is 159 cm³/mol. The van der Waals surface area contributed by atoms with Crippen LogP contribution in [0.15, 0.2) is 65.2 Å². The fourth-order valence-electron chi connectivity index (χ4n) is 4.23. The Morgan fingerprint density at radius 3 is 2.41 bits per heavy atom. The average molecular weight is 645 g/mol. The summed E-state index contributed by atoms with van der Waals surface area (Å²) in [6.45, 7) is 0.535. The molecule has 3 aromatic carbocycles. The van der Waals surface area contributed by atoms with E-state index < -0.39 is 40.9 Å². The molecule has 230 valence electrons. The number of carbonyl (C=O) groups is 3. The van der Waals surface area contributed by atoms with Crippen molar-refractivity contribution in [2.24, 2.45) is 5.73 Å². The molecule has 0 aliphatic carbocycles. The van der Waals surface area contributed by atoms with Crippen LogP contribution in [0.2, 0.25) is 10.0 Å². The second-order valence-electron chi connectivity index (χ2n) is 9.82. The van der Waals surface area contributed by atoms with Gasteiger partial charge in [-0.15, -0.1) is 0 Å². The number of unbranched alkanes of at least 4 members (excludes halogenated alkanes) is 1. The highest BCUT2D eigenvalue weighted by molar-refractivity contribution is 6.42. The molecule has 4 rings (SSSR count). The van der Waals surface area contributed by atoms with Crippen LogP contribution < -0.4 is 11.1 Å². The second-order valence-corrected chi connectivity index (χ2v) is 10.6. The van der Waals surface area contributed by atoms with Crippen molar-refractivity contribution in [3.8, 4) is 0 Å². The van der Waals surface area contributed by atoms with E-state index in [4.69, 9.17) is 38.2 Å². The number of aromatic nitrogens is 2. The molecule has 4 aromatic rings. The topological polar surface area (TPSA) is 137 Å². The van der Waals surface area contributed by atoms with Gasteiger partial charge in [0.05, 0.1) is 40.2 Å². The molecule has 0 aliphatic heterocycles. The minimum Gasteiger partial charge on any atom is -0.462 e. The zero-order valence-corrected chi connectivity index (χ0v) is 24.8. The maximum atomic E-state index is 14.1. The number of ether oxygens (including phenoxy) is 1. The lowest BCUT2D eigenvalue weighted by Crippen LogP contribution is -2.41. The standard InChI is InChI=1S/C31H28Cl2F2N4O5/c32-23-11-6-19(15-24(23)33)12-14-43-31(42)20-7-4-18(5-8-20)16-27-38-29(39-44-27)28(40)26(3-1-2-13-36)37-30(41)22-10-9-21(34)17-25(22)35/h4-11,15,17,26H,1-3,12-14,16,36H2,(H,37,41). The first-order valence-electron chi connectivity index (χ1n) is 13.7. The molecule has 1 heterocycles. The highest BCUT2D eigenvalue weighted by atomic mass is 35.5. The number of hydrogen-bond donors (Lipinski definition) is 2. The summed E-state index contributed by atoms with van der Waals surface area (Å²) < 4.78 is 38.0. The van der Waals surface area contributed by atoms with Crippen molar-refractivity contribution in [1.82, 2.24) is 15.5 Å². The molecule has 0 bridgehead atoms. The van der Waals surface area contributed by atoms with Crippen LogP contribution in [0.1, 0.15) is 67.6 Å². The number of nitrogens with two attached hydrogens (primary N) is 1. The molecular formula is C31H28Cl2F2N4O5. The first kappa shape index (κ1) is 32.7. The molecule has 1 unspecified atom stereocenters. The Morgan fingerprint density at radius 1 is 0.955 bits per heavy atom. The van der Waals surface area contributed by atoms with Crippen molar-refractivity contribution in [2.75, 3.05) is 13.2 Å². The van der Waals surface area contributed by atoms with Crippen LogP contribution in [-0.4, -0.2) is 47.0 Å². The third-order valence-corrected chi connectivity index (χ3v) is 7.32. The van der Waals surface area contributed by atoms with Crippen LogP contribution in [-0.2, 0) is 17.6 Å². The lowest BCUT2D eigenvalue weighted by atomic mass is 10.0. The number of halogens is 4. The summed E-state index contributed by atoms with van der Waals surface area (Å²) in [5, 5.41) is 7.12. The number of hydrogen-bond acceptors (Lipinski definition) is 8. The summed E-state index contributed by atoms with van der Waals surface area (Å²) in [5.74, 6) is -4.04. The number of rotatable bonds is 14.